The van der Waals surface area contributed by atoms with Gasteiger partial charge in [0.2, 0.25) is 5.91 Å². The fourth-order valence-electron chi connectivity index (χ4n) is 3.00. The molecule has 0 saturated carbocycles. The zero-order valence-corrected chi connectivity index (χ0v) is 14.5. The molecular weight excluding hydrogens is 338 g/mol. The molecule has 0 spiro atoms. The minimum absolute atomic E-state index is 0.0867. The number of hydrogen-bond acceptors (Lipinski definition) is 3. The minimum Gasteiger partial charge on any atom is -0.325 e. The maximum absolute atomic E-state index is 13.1. The van der Waals surface area contributed by atoms with Crippen molar-refractivity contribution in [3.8, 4) is 11.3 Å². The van der Waals surface area contributed by atoms with Crippen LogP contribution in [0.3, 0.4) is 0 Å². The third-order valence-corrected chi connectivity index (χ3v) is 4.26. The molecule has 132 valence electrons. The van der Waals surface area contributed by atoms with Gasteiger partial charge in [-0.05, 0) is 24.3 Å². The van der Waals surface area contributed by atoms with Crippen molar-refractivity contribution in [2.75, 3.05) is 5.32 Å². The number of rotatable bonds is 4. The summed E-state index contributed by atoms with van der Waals surface area (Å²) in [6.07, 6.45) is 0. The predicted molar refractivity (Wildman–Crippen MR) is 107 cm³/mol. The number of carbonyl (C=O) groups excluding carboxylic acids is 1. The summed E-state index contributed by atoms with van der Waals surface area (Å²) in [7, 11) is 0. The van der Waals surface area contributed by atoms with Crippen molar-refractivity contribution in [1.82, 2.24) is 9.55 Å². The molecule has 1 amide bonds. The molecule has 4 aromatic rings. The Labute approximate surface area is 155 Å². The Hall–Kier alpha value is -3.73. The van der Waals surface area contributed by atoms with Gasteiger partial charge in [-0.2, -0.15) is 0 Å². The summed E-state index contributed by atoms with van der Waals surface area (Å²) < 4.78 is 1.48. The SMILES string of the molecule is O=C(Cn1c(=O)c(-c2ccccc2)nc2ccccc21)Nc1ccccc1. The molecular formula is C22H17N3O2. The summed E-state index contributed by atoms with van der Waals surface area (Å²) in [5, 5.41) is 2.82. The van der Waals surface area contributed by atoms with Crippen LogP contribution in [0, 0.1) is 0 Å². The van der Waals surface area contributed by atoms with E-state index in [1.165, 1.54) is 4.57 Å². The first-order valence-electron chi connectivity index (χ1n) is 8.62. The van der Waals surface area contributed by atoms with Crippen molar-refractivity contribution in [3.63, 3.8) is 0 Å². The van der Waals surface area contributed by atoms with E-state index < -0.39 is 0 Å². The van der Waals surface area contributed by atoms with Gasteiger partial charge in [-0.15, -0.1) is 0 Å². The van der Waals surface area contributed by atoms with Crippen LogP contribution < -0.4 is 10.9 Å². The summed E-state index contributed by atoms with van der Waals surface area (Å²) >= 11 is 0. The summed E-state index contributed by atoms with van der Waals surface area (Å²) in [5.74, 6) is -0.265. The monoisotopic (exact) mass is 355 g/mol. The second-order valence-electron chi connectivity index (χ2n) is 6.12. The van der Waals surface area contributed by atoms with Gasteiger partial charge in [0.15, 0.2) is 0 Å². The van der Waals surface area contributed by atoms with Gasteiger partial charge in [0.05, 0.1) is 11.0 Å². The van der Waals surface area contributed by atoms with Crippen LogP contribution in [0.25, 0.3) is 22.3 Å². The molecule has 0 fully saturated rings. The van der Waals surface area contributed by atoms with Gasteiger partial charge < -0.3 is 5.32 Å². The molecule has 27 heavy (non-hydrogen) atoms. The van der Waals surface area contributed by atoms with Crippen molar-refractivity contribution >= 4 is 22.6 Å². The van der Waals surface area contributed by atoms with Gasteiger partial charge >= 0.3 is 0 Å². The number of fused-ring (bicyclic) bond motifs is 1. The number of benzene rings is 3. The number of anilines is 1. The first-order valence-corrected chi connectivity index (χ1v) is 8.62. The molecule has 4 rings (SSSR count). The molecule has 0 saturated heterocycles. The van der Waals surface area contributed by atoms with Crippen molar-refractivity contribution in [3.05, 3.63) is 95.3 Å². The molecule has 0 aliphatic carbocycles. The Morgan fingerprint density at radius 1 is 0.852 bits per heavy atom. The number of aromatic nitrogens is 2. The van der Waals surface area contributed by atoms with Gasteiger partial charge in [-0.3, -0.25) is 14.2 Å². The van der Waals surface area contributed by atoms with Crippen LogP contribution in [0.2, 0.25) is 0 Å². The topological polar surface area (TPSA) is 64.0 Å². The van der Waals surface area contributed by atoms with Crippen LogP contribution in [-0.4, -0.2) is 15.5 Å². The molecule has 3 aromatic carbocycles. The smallest absolute Gasteiger partial charge is 0.278 e. The van der Waals surface area contributed by atoms with E-state index in [2.05, 4.69) is 10.3 Å². The molecule has 0 bridgehead atoms. The number of para-hydroxylation sites is 3. The standard InChI is InChI=1S/C22H17N3O2/c26-20(23-17-11-5-2-6-12-17)15-25-19-14-8-7-13-18(19)24-21(22(25)27)16-9-3-1-4-10-16/h1-14H,15H2,(H,23,26). The largest absolute Gasteiger partial charge is 0.325 e. The van der Waals surface area contributed by atoms with Gasteiger partial charge in [0.25, 0.3) is 5.56 Å². The van der Waals surface area contributed by atoms with E-state index in [0.717, 1.165) is 5.56 Å². The Bertz CT molecular complexity index is 1150. The fraction of sp³-hybridized carbons (Fsp3) is 0.0455. The Morgan fingerprint density at radius 2 is 1.48 bits per heavy atom. The van der Waals surface area contributed by atoms with Gasteiger partial charge in [0.1, 0.15) is 12.2 Å². The molecule has 0 atom stereocenters. The Balaban J connectivity index is 1.78. The fourth-order valence-corrected chi connectivity index (χ4v) is 3.00. The number of nitrogens with zero attached hydrogens (tertiary/aromatic N) is 2. The van der Waals surface area contributed by atoms with Crippen molar-refractivity contribution < 1.29 is 4.79 Å². The Kier molecular flexibility index (Phi) is 4.49. The zero-order chi connectivity index (χ0) is 18.6. The van der Waals surface area contributed by atoms with Crippen LogP contribution in [-0.2, 0) is 11.3 Å². The van der Waals surface area contributed by atoms with Gasteiger partial charge in [-0.25, -0.2) is 4.98 Å². The van der Waals surface area contributed by atoms with Crippen LogP contribution in [0.1, 0.15) is 0 Å². The molecule has 1 heterocycles. The molecule has 0 unspecified atom stereocenters. The van der Waals surface area contributed by atoms with E-state index in [4.69, 9.17) is 0 Å². The number of nitrogens with one attached hydrogen (secondary N) is 1. The lowest BCUT2D eigenvalue weighted by Crippen LogP contribution is -2.29. The van der Waals surface area contributed by atoms with Crippen molar-refractivity contribution in [2.24, 2.45) is 0 Å². The molecule has 5 nitrogen and oxygen atoms in total. The lowest BCUT2D eigenvalue weighted by Gasteiger charge is -2.12. The molecule has 5 heteroatoms. The van der Waals surface area contributed by atoms with E-state index in [1.54, 1.807) is 18.2 Å². The number of amides is 1. The van der Waals surface area contributed by atoms with Gasteiger partial charge in [-0.1, -0.05) is 60.7 Å². The molecule has 0 aliphatic rings. The van der Waals surface area contributed by atoms with E-state index in [9.17, 15) is 9.59 Å². The summed E-state index contributed by atoms with van der Waals surface area (Å²) in [4.78, 5) is 30.2. The van der Waals surface area contributed by atoms with Crippen molar-refractivity contribution in [1.29, 1.82) is 0 Å². The highest BCUT2D eigenvalue weighted by Gasteiger charge is 2.15. The number of hydrogen-bond donors (Lipinski definition) is 1. The summed E-state index contributed by atoms with van der Waals surface area (Å²) in [5.41, 5.74) is 2.77. The quantitative estimate of drug-likeness (QED) is 0.607. The normalized spacial score (nSPS) is 10.7. The first kappa shape index (κ1) is 16.7. The summed E-state index contributed by atoms with van der Waals surface area (Å²) in [6, 6.07) is 25.8. The highest BCUT2D eigenvalue weighted by atomic mass is 16.2. The predicted octanol–water partition coefficient (Wildman–Crippen LogP) is 3.70. The van der Waals surface area contributed by atoms with Crippen LogP contribution in [0.4, 0.5) is 5.69 Å². The lowest BCUT2D eigenvalue weighted by molar-refractivity contribution is -0.116. The average Bonchev–Trinajstić information content (AvgIpc) is 2.71. The Morgan fingerprint density at radius 3 is 2.22 bits per heavy atom. The average molecular weight is 355 g/mol. The first-order chi connectivity index (χ1) is 13.2. The maximum Gasteiger partial charge on any atom is 0.278 e. The molecule has 0 radical (unpaired) electrons. The highest BCUT2D eigenvalue weighted by molar-refractivity contribution is 5.91. The summed E-state index contributed by atoms with van der Waals surface area (Å²) in [6.45, 7) is -0.0867. The van der Waals surface area contributed by atoms with Crippen LogP contribution in [0.15, 0.2) is 89.7 Å². The second kappa shape index (κ2) is 7.25. The third-order valence-electron chi connectivity index (χ3n) is 4.26. The van der Waals surface area contributed by atoms with Crippen molar-refractivity contribution in [2.45, 2.75) is 6.54 Å². The van der Waals surface area contributed by atoms with E-state index in [-0.39, 0.29) is 18.0 Å². The van der Waals surface area contributed by atoms with Crippen LogP contribution in [0.5, 0.6) is 0 Å². The zero-order valence-electron chi connectivity index (χ0n) is 14.5. The molecule has 1 N–H and O–H groups in total. The van der Waals surface area contributed by atoms with Crippen LogP contribution >= 0.6 is 0 Å². The highest BCUT2D eigenvalue weighted by Crippen LogP contribution is 2.17. The van der Waals surface area contributed by atoms with Gasteiger partial charge in [0, 0.05) is 11.3 Å². The second-order valence-corrected chi connectivity index (χ2v) is 6.12. The minimum atomic E-state index is -0.289. The molecule has 1 aromatic heterocycles. The molecule has 0 aliphatic heterocycles. The third kappa shape index (κ3) is 3.48. The van der Waals surface area contributed by atoms with E-state index in [0.29, 0.717) is 22.4 Å². The van der Waals surface area contributed by atoms with E-state index in [1.807, 2.05) is 66.7 Å². The lowest BCUT2D eigenvalue weighted by atomic mass is 10.1. The maximum atomic E-state index is 13.1. The number of carbonyl (C=O) groups is 1. The van der Waals surface area contributed by atoms with E-state index >= 15 is 0 Å².